The van der Waals surface area contributed by atoms with Crippen LogP contribution in [0.25, 0.3) is 0 Å². The number of aliphatic carboxylic acids is 2. The van der Waals surface area contributed by atoms with Gasteiger partial charge >= 0.3 is 5.97 Å². The predicted molar refractivity (Wildman–Crippen MR) is 320 cm³/mol. The maximum atomic E-state index is 13.1. The van der Waals surface area contributed by atoms with E-state index < -0.39 is 319 Å². The first-order valence-corrected chi connectivity index (χ1v) is 39.9. The minimum absolute atomic E-state index is 0.376. The zero-order valence-corrected chi connectivity index (χ0v) is 62.2. The van der Waals surface area contributed by atoms with E-state index in [1.807, 2.05) is 0 Å². The molecular weight excluding hydrogens is 1610 g/mol. The van der Waals surface area contributed by atoms with Crippen LogP contribution in [0, 0.1) is 28.6 Å². The summed E-state index contributed by atoms with van der Waals surface area (Å²) in [4.78, 5) is 38.3. The largest absolute Gasteiger partial charge is 0.735 e. The molecule has 25 unspecified atom stereocenters. The van der Waals surface area contributed by atoms with E-state index in [0.717, 1.165) is 34.8 Å². The van der Waals surface area contributed by atoms with Gasteiger partial charge in [-0.1, -0.05) is 13.8 Å². The van der Waals surface area contributed by atoms with E-state index in [9.17, 15) is 141 Å². The lowest BCUT2D eigenvalue weighted by Gasteiger charge is -2.53. The number of hydrogen-bond donors (Lipinski definition) is 9. The minimum atomic E-state index is -6.28. The highest BCUT2D eigenvalue weighted by atomic mass is 32.3. The van der Waals surface area contributed by atoms with E-state index in [0.29, 0.717) is 6.92 Å². The molecule has 25 atom stereocenters. The van der Waals surface area contributed by atoms with E-state index in [1.165, 1.54) is 18.8 Å². The van der Waals surface area contributed by atoms with Crippen LogP contribution in [-0.2, 0) is 160 Å². The molecule has 57 heteroatoms. The summed E-state index contributed by atoms with van der Waals surface area (Å²) < 4.78 is 340. The summed E-state index contributed by atoms with van der Waals surface area (Å²) >= 11 is 0. The number of carboxylic acid groups (broad SMARTS) is 2. The Labute approximate surface area is 606 Å². The van der Waals surface area contributed by atoms with Crippen LogP contribution in [0.4, 0.5) is 0 Å². The molecule has 5 aliphatic heterocycles. The standard InChI is InChI=1S/C49H87N3O47S7/c1-22(53)50-36-31(54)23(9-84-7)26(14-90-102(69,70)71)96-48(36,5)20-88-17-45(2)39(57)33(56)29(93-41(45)43(59)60)12-87-11-25-28(16-92-104(75,76)77)97-49(6,38(52-101(66,67)68)34(25)98-105(78,79)80)21-89-18-46(3)40(58)35(99-106(81,82)83)30(94-42(46)44(61)62)13-86-10-24-27(15-91-103(72,73)74)95-47(4,19-85-8)37(32(24)55)51-100(63,64)65/h23-42,51-52,54-58H,9-21H2,1-8H3,(H,50,53)(H,59,60)(H,61,62)(H,63,64,65)(H,66,67,68)(H,69,70,71)(H,72,73,74)(H,75,76,77)(H,78,79,80)(H,81,82,83)/p-8. The number of rotatable bonds is 40. The van der Waals surface area contributed by atoms with E-state index in [1.54, 1.807) is 4.72 Å². The van der Waals surface area contributed by atoms with Gasteiger partial charge in [0, 0.05) is 38.9 Å². The molecule has 0 bridgehead atoms. The van der Waals surface area contributed by atoms with Gasteiger partial charge in [-0.3, -0.25) is 25.7 Å². The van der Waals surface area contributed by atoms with Crippen molar-refractivity contribution < 1.29 is 214 Å². The predicted octanol–water partition coefficient (Wildman–Crippen LogP) is -12.7. The molecule has 0 aromatic heterocycles. The fraction of sp³-hybridized carbons (Fsp3) is 0.939. The SMILES string of the molecule is COCC1C(COS(=O)(=O)[O-])OC(C)(COCC2(C)C(C(=O)[O-])OC(COCC3C(COS(=O)(=O)[O-])OC(C)(COCC4(C)C(C(=O)O)OC(COCC5C(COS(=O)(=O)[O-])OC(C)(COC)C(NS(=O)(=O)[O-])C5O)C(OS(=O)(=O)[O-])C4O)C(NS(=O)(=O)[O-])C3OS(=O)(=O)[O-])C(O)C2O)C(NC(C)=O)C1O. The summed E-state index contributed by atoms with van der Waals surface area (Å²) in [5.41, 5.74) is -12.0. The molecule has 5 saturated heterocycles. The number of carbonyl (C=O) groups is 3. The quantitative estimate of drug-likeness (QED) is 0.0203. The minimum Gasteiger partial charge on any atom is -0.735 e. The Morgan fingerprint density at radius 2 is 0.811 bits per heavy atom. The molecule has 50 nitrogen and oxygen atoms in total. The monoisotopic (exact) mass is 1690 g/mol. The Morgan fingerprint density at radius 1 is 0.425 bits per heavy atom. The molecule has 0 spiro atoms. The molecule has 5 fully saturated rings. The van der Waals surface area contributed by atoms with Gasteiger partial charge in [-0.15, -0.1) is 0 Å². The number of nitrogens with one attached hydrogen (secondary N) is 3. The summed E-state index contributed by atoms with van der Waals surface area (Å²) in [5, 5.41) is 83.8. The van der Waals surface area contributed by atoms with Crippen molar-refractivity contribution in [3.05, 3.63) is 0 Å². The third-order valence-electron chi connectivity index (χ3n) is 18.0. The van der Waals surface area contributed by atoms with E-state index in [-0.39, 0.29) is 6.61 Å². The molecule has 5 rings (SSSR count). The average Bonchev–Trinajstić information content (AvgIpc) is 0.735. The lowest BCUT2D eigenvalue weighted by Crippen LogP contribution is -2.70. The zero-order valence-electron chi connectivity index (χ0n) is 56.5. The molecule has 106 heavy (non-hydrogen) atoms. The highest BCUT2D eigenvalue weighted by Gasteiger charge is 2.61. The third-order valence-corrected chi connectivity index (χ3v) is 21.3. The first-order chi connectivity index (χ1) is 48.2. The average molecular weight is 1690 g/mol. The number of carboxylic acids is 2. The van der Waals surface area contributed by atoms with Crippen LogP contribution in [-0.4, -0.2) is 360 Å². The Hall–Kier alpha value is -3.14. The smallest absolute Gasteiger partial charge is 0.333 e. The van der Waals surface area contributed by atoms with Crippen molar-refractivity contribution in [1.82, 2.24) is 14.8 Å². The Morgan fingerprint density at radius 3 is 1.23 bits per heavy atom. The van der Waals surface area contributed by atoms with Crippen LogP contribution in [0.3, 0.4) is 0 Å². The van der Waals surface area contributed by atoms with Gasteiger partial charge in [0.15, 0.2) is 26.7 Å². The van der Waals surface area contributed by atoms with Crippen LogP contribution >= 0.6 is 0 Å². The van der Waals surface area contributed by atoms with Crippen molar-refractivity contribution in [2.24, 2.45) is 28.6 Å². The van der Waals surface area contributed by atoms with E-state index in [4.69, 9.17) is 56.3 Å². The van der Waals surface area contributed by atoms with Crippen molar-refractivity contribution in [1.29, 1.82) is 0 Å². The van der Waals surface area contributed by atoms with Crippen molar-refractivity contribution in [2.45, 2.75) is 162 Å². The van der Waals surface area contributed by atoms with Crippen LogP contribution < -0.4 is 19.9 Å². The van der Waals surface area contributed by atoms with Gasteiger partial charge in [0.05, 0.1) is 164 Å². The first-order valence-electron chi connectivity index (χ1n) is 30.5. The summed E-state index contributed by atoms with van der Waals surface area (Å²) in [7, 11) is -38.6. The van der Waals surface area contributed by atoms with Gasteiger partial charge in [0.2, 0.25) is 57.9 Å². The summed E-state index contributed by atoms with van der Waals surface area (Å²) in [6, 6.07) is -6.18. The lowest BCUT2D eigenvalue weighted by molar-refractivity contribution is -0.341. The van der Waals surface area contributed by atoms with Gasteiger partial charge in [-0.05, 0) is 20.8 Å². The van der Waals surface area contributed by atoms with Gasteiger partial charge in [0.25, 0.3) is 0 Å². The number of aliphatic hydroxyl groups excluding tert-OH is 5. The van der Waals surface area contributed by atoms with E-state index >= 15 is 0 Å². The Balaban J connectivity index is 1.43. The van der Waals surface area contributed by atoms with E-state index in [2.05, 4.69) is 22.0 Å². The number of aliphatic hydroxyl groups is 5. The topological polar surface area (TPSA) is 780 Å². The molecule has 0 saturated carbocycles. The first kappa shape index (κ1) is 93.5. The van der Waals surface area contributed by atoms with Gasteiger partial charge in [-0.25, -0.2) is 73.2 Å². The van der Waals surface area contributed by atoms with Crippen LogP contribution in [0.1, 0.15) is 41.5 Å². The molecule has 0 aliphatic carbocycles. The maximum Gasteiger partial charge on any atom is 0.333 e. The molecule has 0 aromatic rings. The van der Waals surface area contributed by atoms with Gasteiger partial charge in [0.1, 0.15) is 53.4 Å². The number of ether oxygens (including phenoxy) is 11. The lowest BCUT2D eigenvalue weighted by atomic mass is 9.73. The highest BCUT2D eigenvalue weighted by Crippen LogP contribution is 2.45. The second-order valence-corrected chi connectivity index (χ2v) is 33.7. The van der Waals surface area contributed by atoms with Crippen LogP contribution in [0.2, 0.25) is 0 Å². The number of amides is 1. The van der Waals surface area contributed by atoms with Crippen molar-refractivity contribution in [3.63, 3.8) is 0 Å². The Kier molecular flexibility index (Phi) is 31.7. The number of methoxy groups -OCH3 is 2. The van der Waals surface area contributed by atoms with Crippen molar-refractivity contribution >= 4 is 90.4 Å². The second kappa shape index (κ2) is 35.9. The molecule has 1 amide bonds. The van der Waals surface area contributed by atoms with Crippen molar-refractivity contribution in [2.75, 3.05) is 100 Å². The molecule has 622 valence electrons. The number of carbonyl (C=O) groups excluding carboxylic acids is 2. The fourth-order valence-corrected chi connectivity index (χ4v) is 16.5. The molecule has 9 N–H and O–H groups in total. The fourth-order valence-electron chi connectivity index (χ4n) is 13.2. The molecule has 0 aromatic carbocycles. The molecular formula is C49H79N3O47S7-8. The summed E-state index contributed by atoms with van der Waals surface area (Å²) in [5.74, 6) is -10.3. The second-order valence-electron chi connectivity index (χ2n) is 26.3. The normalized spacial score (nSPS) is 38.2. The maximum absolute atomic E-state index is 13.1. The summed E-state index contributed by atoms with van der Waals surface area (Å²) in [6.45, 7) is -8.81. The Bertz CT molecular complexity index is 3850. The van der Waals surface area contributed by atoms with Gasteiger partial charge < -0.3 is 130 Å². The third kappa shape index (κ3) is 25.4. The summed E-state index contributed by atoms with van der Waals surface area (Å²) in [6.07, 6.45) is -31.7. The van der Waals surface area contributed by atoms with Crippen LogP contribution in [0.15, 0.2) is 0 Å². The van der Waals surface area contributed by atoms with Gasteiger partial charge in [-0.2, -0.15) is 0 Å². The zero-order chi connectivity index (χ0) is 80.9. The highest BCUT2D eigenvalue weighted by molar-refractivity contribution is 7.84. The molecule has 5 aliphatic rings. The molecule has 0 radical (unpaired) electrons. The molecule has 5 heterocycles. The number of hydrogen-bond acceptors (Lipinski definition) is 46. The van der Waals surface area contributed by atoms with Crippen LogP contribution in [0.5, 0.6) is 0 Å². The van der Waals surface area contributed by atoms with Crippen molar-refractivity contribution in [3.8, 4) is 0 Å².